The molecule has 0 heterocycles. The quantitative estimate of drug-likeness (QED) is 0.161. The van der Waals surface area contributed by atoms with E-state index in [-0.39, 0.29) is 11.8 Å². The van der Waals surface area contributed by atoms with E-state index >= 15 is 0 Å². The van der Waals surface area contributed by atoms with Crippen LogP contribution in [0.25, 0.3) is 10.8 Å². The summed E-state index contributed by atoms with van der Waals surface area (Å²) in [6, 6.07) is 20.7. The van der Waals surface area contributed by atoms with Crippen LogP contribution in [0, 0.1) is 0 Å². The molecule has 4 atom stereocenters. The number of rotatable bonds is 12. The van der Waals surface area contributed by atoms with Gasteiger partial charge in [-0.1, -0.05) is 91.8 Å². The highest BCUT2D eigenvalue weighted by Crippen LogP contribution is 2.38. The zero-order valence-corrected chi connectivity index (χ0v) is 27.9. The molecule has 4 aromatic carbocycles. The van der Waals surface area contributed by atoms with Gasteiger partial charge < -0.3 is 10.2 Å². The fourth-order valence-electron chi connectivity index (χ4n) is 5.54. The molecule has 0 spiro atoms. The van der Waals surface area contributed by atoms with Crippen molar-refractivity contribution in [3.05, 3.63) is 94.0 Å². The Bertz CT molecular complexity index is 1530. The second kappa shape index (κ2) is 14.7. The lowest BCUT2D eigenvalue weighted by Gasteiger charge is -2.18. The largest absolute Gasteiger partial charge is 0.507 e. The van der Waals surface area contributed by atoms with Gasteiger partial charge >= 0.3 is 0 Å². The van der Waals surface area contributed by atoms with Crippen molar-refractivity contribution < 1.29 is 10.2 Å². The number of aromatic hydroxyl groups is 2. The fourth-order valence-corrected chi connectivity index (χ4v) is 5.54. The Morgan fingerprint density at radius 2 is 0.909 bits per heavy atom. The number of benzene rings is 4. The number of phenols is 2. The van der Waals surface area contributed by atoms with Gasteiger partial charge in [-0.3, -0.25) is 9.98 Å². The summed E-state index contributed by atoms with van der Waals surface area (Å²) in [5.74, 6) is 1.84. The van der Waals surface area contributed by atoms with Crippen molar-refractivity contribution in [2.45, 2.75) is 105 Å². The van der Waals surface area contributed by atoms with E-state index in [0.717, 1.165) is 58.7 Å². The molecule has 2 N–H and O–H groups in total. The highest BCUT2D eigenvalue weighted by Gasteiger charge is 2.18. The van der Waals surface area contributed by atoms with Crippen LogP contribution in [0.4, 0.5) is 11.4 Å². The standard InChI is InChI=1S/C40H50N2O2/c1-9-25(5)31-17-33(39(43)35(19-31)27(7)11-3)23-41-37-21-29-15-13-14-16-30(29)22-38(37)42-24-34-18-32(26(6)10-2)20-36(40(34)44)28(8)12-4/h13-28,43-44H,9-12H2,1-8H3. The molecular weight excluding hydrogens is 540 g/mol. The van der Waals surface area contributed by atoms with Crippen molar-refractivity contribution in [1.82, 2.24) is 0 Å². The molecule has 0 aliphatic carbocycles. The molecule has 0 saturated heterocycles. The van der Waals surface area contributed by atoms with Gasteiger partial charge in [0.1, 0.15) is 11.5 Å². The van der Waals surface area contributed by atoms with Crippen molar-refractivity contribution in [2.75, 3.05) is 0 Å². The van der Waals surface area contributed by atoms with E-state index in [1.54, 1.807) is 12.4 Å². The van der Waals surface area contributed by atoms with Crippen LogP contribution < -0.4 is 0 Å². The summed E-state index contributed by atoms with van der Waals surface area (Å²) in [6.07, 6.45) is 7.49. The molecule has 44 heavy (non-hydrogen) atoms. The Balaban J connectivity index is 1.85. The van der Waals surface area contributed by atoms with Crippen LogP contribution in [-0.4, -0.2) is 22.6 Å². The fraction of sp³-hybridized carbons (Fsp3) is 0.400. The Morgan fingerprint density at radius 3 is 1.25 bits per heavy atom. The number of nitrogens with zero attached hydrogens (tertiary/aromatic N) is 2. The molecule has 0 fully saturated rings. The molecule has 0 bridgehead atoms. The maximum absolute atomic E-state index is 11.3. The summed E-state index contributed by atoms with van der Waals surface area (Å²) in [4.78, 5) is 9.86. The summed E-state index contributed by atoms with van der Waals surface area (Å²) >= 11 is 0. The third-order valence-corrected chi connectivity index (χ3v) is 9.56. The van der Waals surface area contributed by atoms with Crippen LogP contribution in [0.15, 0.2) is 70.6 Å². The first-order valence-corrected chi connectivity index (χ1v) is 16.5. The average Bonchev–Trinajstić information content (AvgIpc) is 3.05. The third kappa shape index (κ3) is 7.23. The average molecular weight is 591 g/mol. The lowest BCUT2D eigenvalue weighted by atomic mass is 9.89. The minimum atomic E-state index is 0.242. The van der Waals surface area contributed by atoms with Crippen molar-refractivity contribution in [3.63, 3.8) is 0 Å². The van der Waals surface area contributed by atoms with E-state index in [1.807, 2.05) is 24.3 Å². The summed E-state index contributed by atoms with van der Waals surface area (Å²) in [6.45, 7) is 17.4. The molecule has 0 amide bonds. The molecular formula is C40H50N2O2. The van der Waals surface area contributed by atoms with E-state index in [4.69, 9.17) is 9.98 Å². The van der Waals surface area contributed by atoms with Crippen LogP contribution >= 0.6 is 0 Å². The van der Waals surface area contributed by atoms with Crippen LogP contribution in [0.1, 0.15) is 138 Å². The molecule has 4 nitrogen and oxygen atoms in total. The Hall–Kier alpha value is -3.92. The van der Waals surface area contributed by atoms with Crippen molar-refractivity contribution in [3.8, 4) is 11.5 Å². The van der Waals surface area contributed by atoms with Gasteiger partial charge in [0.05, 0.1) is 11.4 Å². The van der Waals surface area contributed by atoms with Gasteiger partial charge in [0.2, 0.25) is 0 Å². The first kappa shape index (κ1) is 33.0. The number of phenolic OH excluding ortho intramolecular Hbond substituents is 2. The summed E-state index contributed by atoms with van der Waals surface area (Å²) < 4.78 is 0. The second-order valence-corrected chi connectivity index (χ2v) is 12.5. The molecule has 232 valence electrons. The monoisotopic (exact) mass is 590 g/mol. The zero-order chi connectivity index (χ0) is 32.0. The Labute approximate surface area is 264 Å². The number of aliphatic imine (C=N–C) groups is 2. The Kier molecular flexibility index (Phi) is 11.0. The predicted octanol–water partition coefficient (Wildman–Crippen LogP) is 11.8. The van der Waals surface area contributed by atoms with Crippen molar-refractivity contribution in [2.24, 2.45) is 9.98 Å². The summed E-state index contributed by atoms with van der Waals surface area (Å²) in [5, 5.41) is 24.7. The van der Waals surface area contributed by atoms with Gasteiger partial charge in [-0.15, -0.1) is 0 Å². The first-order valence-electron chi connectivity index (χ1n) is 16.5. The van der Waals surface area contributed by atoms with Crippen LogP contribution in [0.5, 0.6) is 11.5 Å². The van der Waals surface area contributed by atoms with Crippen LogP contribution in [0.3, 0.4) is 0 Å². The lowest BCUT2D eigenvalue weighted by Crippen LogP contribution is -2.01. The molecule has 4 rings (SSSR count). The van der Waals surface area contributed by atoms with E-state index in [9.17, 15) is 10.2 Å². The molecule has 4 heteroatoms. The topological polar surface area (TPSA) is 65.2 Å². The smallest absolute Gasteiger partial charge is 0.127 e. The molecule has 4 unspecified atom stereocenters. The number of hydrogen-bond acceptors (Lipinski definition) is 4. The minimum Gasteiger partial charge on any atom is -0.507 e. The zero-order valence-electron chi connectivity index (χ0n) is 27.9. The van der Waals surface area contributed by atoms with E-state index < -0.39 is 0 Å². The van der Waals surface area contributed by atoms with Gasteiger partial charge in [0, 0.05) is 23.6 Å². The van der Waals surface area contributed by atoms with E-state index in [0.29, 0.717) is 34.7 Å². The van der Waals surface area contributed by atoms with Gasteiger partial charge in [-0.2, -0.15) is 0 Å². The molecule has 0 aromatic heterocycles. The van der Waals surface area contributed by atoms with Gasteiger partial charge in [0.25, 0.3) is 0 Å². The van der Waals surface area contributed by atoms with Crippen molar-refractivity contribution in [1.29, 1.82) is 0 Å². The van der Waals surface area contributed by atoms with Crippen LogP contribution in [0.2, 0.25) is 0 Å². The maximum atomic E-state index is 11.3. The second-order valence-electron chi connectivity index (χ2n) is 12.5. The normalized spacial score (nSPS) is 14.8. The molecule has 0 radical (unpaired) electrons. The van der Waals surface area contributed by atoms with Crippen molar-refractivity contribution >= 4 is 34.6 Å². The molecule has 0 saturated carbocycles. The van der Waals surface area contributed by atoms with E-state index in [2.05, 4.69) is 91.8 Å². The van der Waals surface area contributed by atoms with E-state index in [1.165, 1.54) is 11.1 Å². The van der Waals surface area contributed by atoms with Gasteiger partial charge in [-0.05, 0) is 107 Å². The highest BCUT2D eigenvalue weighted by atomic mass is 16.3. The van der Waals surface area contributed by atoms with Gasteiger partial charge in [0.15, 0.2) is 0 Å². The first-order chi connectivity index (χ1) is 21.1. The summed E-state index contributed by atoms with van der Waals surface area (Å²) in [7, 11) is 0. The predicted molar refractivity (Wildman–Crippen MR) is 189 cm³/mol. The SMILES string of the molecule is CCC(C)c1cc(C=Nc2cc3ccccc3cc2N=Cc2cc(C(C)CC)cc(C(C)CC)c2O)c(O)c(C(C)CC)c1. The number of hydrogen-bond donors (Lipinski definition) is 2. The Morgan fingerprint density at radius 1 is 0.545 bits per heavy atom. The third-order valence-electron chi connectivity index (χ3n) is 9.56. The van der Waals surface area contributed by atoms with Gasteiger partial charge in [-0.25, -0.2) is 0 Å². The summed E-state index contributed by atoms with van der Waals surface area (Å²) in [5.41, 5.74) is 7.22. The maximum Gasteiger partial charge on any atom is 0.127 e. The molecule has 4 aromatic rings. The minimum absolute atomic E-state index is 0.242. The molecule has 0 aliphatic rings. The molecule has 0 aliphatic heterocycles. The number of fused-ring (bicyclic) bond motifs is 1. The highest BCUT2D eigenvalue weighted by molar-refractivity contribution is 5.96. The van der Waals surface area contributed by atoms with Crippen LogP contribution in [-0.2, 0) is 0 Å². The lowest BCUT2D eigenvalue weighted by molar-refractivity contribution is 0.460.